The predicted molar refractivity (Wildman–Crippen MR) is 96.1 cm³/mol. The van der Waals surface area contributed by atoms with E-state index in [-0.39, 0.29) is 56.9 Å². The van der Waals surface area contributed by atoms with Crippen molar-refractivity contribution in [2.24, 2.45) is 5.73 Å². The van der Waals surface area contributed by atoms with E-state index in [9.17, 15) is 18.0 Å². The molecule has 0 bridgehead atoms. The van der Waals surface area contributed by atoms with Crippen molar-refractivity contribution in [2.45, 2.75) is 31.6 Å². The third-order valence-electron chi connectivity index (χ3n) is 4.44. The van der Waals surface area contributed by atoms with Crippen LogP contribution in [0.5, 0.6) is 0 Å². The summed E-state index contributed by atoms with van der Waals surface area (Å²) in [6, 6.07) is 7.49. The van der Waals surface area contributed by atoms with Gasteiger partial charge in [0.25, 0.3) is 0 Å². The summed E-state index contributed by atoms with van der Waals surface area (Å²) in [7, 11) is 0. The Morgan fingerprint density at radius 1 is 1.08 bits per heavy atom. The molecular weight excluding hydrogens is 378 g/mol. The second kappa shape index (κ2) is 9.07. The summed E-state index contributed by atoms with van der Waals surface area (Å²) in [5, 5.41) is 0. The molecule has 1 amide bonds. The molecule has 0 spiro atoms. The SMILES string of the molecule is CC(N1CCN(C(=O)C(C)(N)c2ccccc2)CC1)C(F)(F)F.Cl.Cl. The Labute approximate surface area is 158 Å². The highest BCUT2D eigenvalue weighted by Crippen LogP contribution is 2.26. The van der Waals surface area contributed by atoms with Crippen LogP contribution in [-0.4, -0.2) is 54.1 Å². The molecule has 1 saturated heterocycles. The highest BCUT2D eigenvalue weighted by Gasteiger charge is 2.42. The van der Waals surface area contributed by atoms with Gasteiger partial charge >= 0.3 is 6.18 Å². The number of carbonyl (C=O) groups is 1. The van der Waals surface area contributed by atoms with Gasteiger partial charge in [-0.05, 0) is 19.4 Å². The highest BCUT2D eigenvalue weighted by molar-refractivity contribution is 5.87. The number of amides is 1. The lowest BCUT2D eigenvalue weighted by Gasteiger charge is -2.41. The Balaban J connectivity index is 0.00000288. The van der Waals surface area contributed by atoms with E-state index in [1.54, 1.807) is 36.1 Å². The molecule has 1 aromatic rings. The molecule has 25 heavy (non-hydrogen) atoms. The van der Waals surface area contributed by atoms with Crippen molar-refractivity contribution < 1.29 is 18.0 Å². The summed E-state index contributed by atoms with van der Waals surface area (Å²) in [6.45, 7) is 3.66. The minimum absolute atomic E-state index is 0. The quantitative estimate of drug-likeness (QED) is 0.846. The fourth-order valence-corrected chi connectivity index (χ4v) is 2.76. The molecule has 2 rings (SSSR count). The maximum Gasteiger partial charge on any atom is 0.403 e. The molecule has 1 heterocycles. The number of nitrogens with zero attached hydrogens (tertiary/aromatic N) is 2. The minimum Gasteiger partial charge on any atom is -0.338 e. The van der Waals surface area contributed by atoms with Gasteiger partial charge in [-0.15, -0.1) is 24.8 Å². The van der Waals surface area contributed by atoms with E-state index in [1.165, 1.54) is 4.90 Å². The molecule has 0 aromatic heterocycles. The number of piperazine rings is 1. The van der Waals surface area contributed by atoms with Gasteiger partial charge in [0, 0.05) is 26.2 Å². The van der Waals surface area contributed by atoms with E-state index in [0.29, 0.717) is 5.56 Å². The number of hydrogen-bond acceptors (Lipinski definition) is 3. The molecule has 1 fully saturated rings. The Bertz CT molecular complexity index is 547. The van der Waals surface area contributed by atoms with Crippen LogP contribution in [0.4, 0.5) is 13.2 Å². The zero-order valence-electron chi connectivity index (χ0n) is 14.1. The molecule has 9 heteroatoms. The Morgan fingerprint density at radius 3 is 2.00 bits per heavy atom. The van der Waals surface area contributed by atoms with Crippen LogP contribution in [-0.2, 0) is 10.3 Å². The second-order valence-electron chi connectivity index (χ2n) is 6.11. The van der Waals surface area contributed by atoms with Crippen molar-refractivity contribution in [1.29, 1.82) is 0 Å². The second-order valence-corrected chi connectivity index (χ2v) is 6.11. The van der Waals surface area contributed by atoms with Crippen molar-refractivity contribution in [2.75, 3.05) is 26.2 Å². The number of benzene rings is 1. The predicted octanol–water partition coefficient (Wildman–Crippen LogP) is 2.80. The first-order valence-corrected chi connectivity index (χ1v) is 7.58. The van der Waals surface area contributed by atoms with E-state index in [1.807, 2.05) is 6.07 Å². The summed E-state index contributed by atoms with van der Waals surface area (Å²) in [5.74, 6) is -0.261. The van der Waals surface area contributed by atoms with Crippen LogP contribution >= 0.6 is 24.8 Å². The number of hydrogen-bond donors (Lipinski definition) is 1. The van der Waals surface area contributed by atoms with Crippen molar-refractivity contribution in [3.8, 4) is 0 Å². The van der Waals surface area contributed by atoms with Gasteiger partial charge in [0.15, 0.2) is 0 Å². The van der Waals surface area contributed by atoms with Gasteiger partial charge in [0.05, 0.1) is 0 Å². The van der Waals surface area contributed by atoms with Gasteiger partial charge < -0.3 is 10.6 Å². The fourth-order valence-electron chi connectivity index (χ4n) is 2.76. The smallest absolute Gasteiger partial charge is 0.338 e. The van der Waals surface area contributed by atoms with E-state index in [0.717, 1.165) is 6.92 Å². The monoisotopic (exact) mass is 401 g/mol. The van der Waals surface area contributed by atoms with Crippen molar-refractivity contribution in [3.63, 3.8) is 0 Å². The van der Waals surface area contributed by atoms with Gasteiger partial charge in [-0.25, -0.2) is 0 Å². The molecular formula is C16H24Cl2F3N3O. The molecule has 4 nitrogen and oxygen atoms in total. The normalized spacial score (nSPS) is 19.2. The number of alkyl halides is 3. The van der Waals surface area contributed by atoms with Crippen LogP contribution in [0.3, 0.4) is 0 Å². The fraction of sp³-hybridized carbons (Fsp3) is 0.562. The molecule has 144 valence electrons. The molecule has 0 aliphatic carbocycles. The van der Waals surface area contributed by atoms with Crippen molar-refractivity contribution in [3.05, 3.63) is 35.9 Å². The van der Waals surface area contributed by atoms with Crippen LogP contribution in [0.15, 0.2) is 30.3 Å². The summed E-state index contributed by atoms with van der Waals surface area (Å²) in [5.41, 5.74) is 5.70. The number of rotatable bonds is 3. The third kappa shape index (κ3) is 5.48. The van der Waals surface area contributed by atoms with E-state index >= 15 is 0 Å². The number of nitrogens with two attached hydrogens (primary N) is 1. The van der Waals surface area contributed by atoms with E-state index in [4.69, 9.17) is 5.73 Å². The Kier molecular flexibility index (Phi) is 8.70. The average Bonchev–Trinajstić information content (AvgIpc) is 2.53. The standard InChI is InChI=1S/C16H22F3N3O.2ClH/c1-12(16(17,18)19)21-8-10-22(11-9-21)14(23)15(2,20)13-6-4-3-5-7-13;;/h3-7,12H,8-11,20H2,1-2H3;2*1H. The Morgan fingerprint density at radius 2 is 1.56 bits per heavy atom. The first-order chi connectivity index (χ1) is 10.6. The lowest BCUT2D eigenvalue weighted by Crippen LogP contribution is -2.59. The van der Waals surface area contributed by atoms with Crippen LogP contribution in [0, 0.1) is 0 Å². The number of carbonyl (C=O) groups excluding carboxylic acids is 1. The van der Waals surface area contributed by atoms with Gasteiger partial charge in [0.2, 0.25) is 5.91 Å². The molecule has 1 aromatic carbocycles. The van der Waals surface area contributed by atoms with E-state index < -0.39 is 17.8 Å². The summed E-state index contributed by atoms with van der Waals surface area (Å²) >= 11 is 0. The van der Waals surface area contributed by atoms with Crippen molar-refractivity contribution in [1.82, 2.24) is 9.80 Å². The lowest BCUT2D eigenvalue weighted by atomic mass is 9.91. The molecule has 2 atom stereocenters. The van der Waals surface area contributed by atoms with Crippen LogP contribution in [0.2, 0.25) is 0 Å². The van der Waals surface area contributed by atoms with Gasteiger partial charge in [-0.2, -0.15) is 13.2 Å². The van der Waals surface area contributed by atoms with Gasteiger partial charge in [-0.1, -0.05) is 30.3 Å². The largest absolute Gasteiger partial charge is 0.403 e. The highest BCUT2D eigenvalue weighted by atomic mass is 35.5. The summed E-state index contributed by atoms with van der Waals surface area (Å²) in [6.07, 6.45) is -4.25. The molecule has 0 saturated carbocycles. The zero-order chi connectivity index (χ0) is 17.3. The van der Waals surface area contributed by atoms with Crippen LogP contribution < -0.4 is 5.73 Å². The molecule has 2 N–H and O–H groups in total. The van der Waals surface area contributed by atoms with Crippen LogP contribution in [0.1, 0.15) is 19.4 Å². The topological polar surface area (TPSA) is 49.6 Å². The first-order valence-electron chi connectivity index (χ1n) is 7.58. The van der Waals surface area contributed by atoms with Crippen molar-refractivity contribution >= 4 is 30.7 Å². The lowest BCUT2D eigenvalue weighted by molar-refractivity contribution is -0.183. The van der Waals surface area contributed by atoms with Gasteiger partial charge in [-0.3, -0.25) is 9.69 Å². The van der Waals surface area contributed by atoms with Crippen LogP contribution in [0.25, 0.3) is 0 Å². The maximum absolute atomic E-state index is 12.8. The Hall–Kier alpha value is -1.02. The average molecular weight is 402 g/mol. The molecule has 1 aliphatic rings. The van der Waals surface area contributed by atoms with Gasteiger partial charge in [0.1, 0.15) is 11.6 Å². The first kappa shape index (κ1) is 24.0. The molecule has 1 aliphatic heterocycles. The molecule has 2 unspecified atom stereocenters. The summed E-state index contributed by atoms with van der Waals surface area (Å²) in [4.78, 5) is 15.5. The molecule has 0 radical (unpaired) electrons. The number of halogens is 5. The summed E-state index contributed by atoms with van der Waals surface area (Å²) < 4.78 is 38.3. The maximum atomic E-state index is 12.8. The minimum atomic E-state index is -4.25. The van der Waals surface area contributed by atoms with E-state index in [2.05, 4.69) is 0 Å². The third-order valence-corrected chi connectivity index (χ3v) is 4.44. The zero-order valence-corrected chi connectivity index (χ0v) is 15.8.